The second-order valence-electron chi connectivity index (χ2n) is 7.57. The molecule has 0 radical (unpaired) electrons. The maximum Gasteiger partial charge on any atom is 2.00 e. The predicted molar refractivity (Wildman–Crippen MR) is 114 cm³/mol. The van der Waals surface area contributed by atoms with Crippen molar-refractivity contribution in [1.82, 2.24) is 0 Å². The summed E-state index contributed by atoms with van der Waals surface area (Å²) in [5.74, 6) is 1.40. The number of ether oxygens (including phenoxy) is 1. The fourth-order valence-corrected chi connectivity index (χ4v) is 3.99. The van der Waals surface area contributed by atoms with Crippen molar-refractivity contribution in [1.29, 1.82) is 0 Å². The van der Waals surface area contributed by atoms with Crippen LogP contribution in [0.5, 0.6) is 0 Å². The standard InChI is InChI=1S/C24H30NO2.Ca/c1-4-24(19(2)3,18-20-8-6-5-7-9-20)23(26)21-10-12-22(13-11-21)25-14-16-27-17-15-25;/h5-13H,4,14-18H2,1-3H3;/q-1;+2. The van der Waals surface area contributed by atoms with Crippen molar-refractivity contribution >= 4 is 43.4 Å². The van der Waals surface area contributed by atoms with E-state index in [-0.39, 0.29) is 43.5 Å². The van der Waals surface area contributed by atoms with Gasteiger partial charge in [0, 0.05) is 12.2 Å². The molecule has 1 fully saturated rings. The number of benzene rings is 1. The van der Waals surface area contributed by atoms with Crippen LogP contribution in [0.15, 0.2) is 66.0 Å². The van der Waals surface area contributed by atoms with Gasteiger partial charge in [0.25, 0.3) is 0 Å². The monoisotopic (exact) mass is 404 g/mol. The number of allylic oxidation sites excluding steroid dienone is 6. The van der Waals surface area contributed by atoms with Crippen molar-refractivity contribution in [3.8, 4) is 0 Å². The zero-order valence-corrected chi connectivity index (χ0v) is 19.6. The zero-order valence-electron chi connectivity index (χ0n) is 17.4. The first-order valence-electron chi connectivity index (χ1n) is 9.89. The Hall–Kier alpha value is -0.870. The van der Waals surface area contributed by atoms with Crippen molar-refractivity contribution in [3.05, 3.63) is 77.4 Å². The molecular formula is C24H30CaNO2+. The molecule has 144 valence electrons. The largest absolute Gasteiger partial charge is 2.00 e. The van der Waals surface area contributed by atoms with Gasteiger partial charge >= 0.3 is 37.7 Å². The molecular weight excluding hydrogens is 374 g/mol. The second-order valence-corrected chi connectivity index (χ2v) is 7.57. The maximum absolute atomic E-state index is 13.6. The van der Waals surface area contributed by atoms with Gasteiger partial charge in [-0.3, -0.25) is 0 Å². The molecule has 0 saturated carbocycles. The van der Waals surface area contributed by atoms with Gasteiger partial charge in [0.15, 0.2) is 18.8 Å². The Morgan fingerprint density at radius 2 is 1.68 bits per heavy atom. The third-order valence-corrected chi connectivity index (χ3v) is 5.85. The molecule has 1 unspecified atom stereocenters. The molecule has 0 spiro atoms. The summed E-state index contributed by atoms with van der Waals surface area (Å²) in [7, 11) is 0. The van der Waals surface area contributed by atoms with Crippen molar-refractivity contribution in [3.63, 3.8) is 0 Å². The molecule has 4 heteroatoms. The minimum Gasteiger partial charge on any atom is -0.876 e. The van der Waals surface area contributed by atoms with E-state index in [2.05, 4.69) is 49.6 Å². The maximum atomic E-state index is 13.6. The van der Waals surface area contributed by atoms with Crippen LogP contribution in [0, 0.1) is 11.3 Å². The Bertz CT molecular complexity index is 751. The molecule has 1 aromatic carbocycles. The first-order valence-corrected chi connectivity index (χ1v) is 9.89. The first-order chi connectivity index (χ1) is 13.1. The van der Waals surface area contributed by atoms with Crippen LogP contribution in [0.2, 0.25) is 0 Å². The van der Waals surface area contributed by atoms with Crippen LogP contribution in [0.1, 0.15) is 32.8 Å². The van der Waals surface area contributed by atoms with Gasteiger partial charge in [0.2, 0.25) is 0 Å². The van der Waals surface area contributed by atoms with Crippen LogP contribution in [0.3, 0.4) is 0 Å². The van der Waals surface area contributed by atoms with Gasteiger partial charge in [-0.15, -0.1) is 11.2 Å². The van der Waals surface area contributed by atoms with E-state index >= 15 is 0 Å². The van der Waals surface area contributed by atoms with Crippen LogP contribution in [0.4, 0.5) is 0 Å². The van der Waals surface area contributed by atoms with Crippen molar-refractivity contribution in [2.45, 2.75) is 33.6 Å². The van der Waals surface area contributed by atoms with E-state index in [1.54, 1.807) is 0 Å². The predicted octanol–water partition coefficient (Wildman–Crippen LogP) is 3.08. The van der Waals surface area contributed by atoms with Crippen molar-refractivity contribution in [2.24, 2.45) is 5.41 Å². The van der Waals surface area contributed by atoms with Gasteiger partial charge in [-0.25, -0.2) is 4.58 Å². The molecule has 1 aliphatic carbocycles. The topological polar surface area (TPSA) is 35.3 Å². The normalized spacial score (nSPS) is 18.8. The molecule has 28 heavy (non-hydrogen) atoms. The molecule has 0 aromatic heterocycles. The van der Waals surface area contributed by atoms with Gasteiger partial charge in [-0.1, -0.05) is 43.7 Å². The Morgan fingerprint density at radius 3 is 2.21 bits per heavy atom. The summed E-state index contributed by atoms with van der Waals surface area (Å²) in [4.78, 5) is 0. The summed E-state index contributed by atoms with van der Waals surface area (Å²) in [6, 6.07) is 10.3. The Kier molecular flexibility index (Phi) is 9.01. The van der Waals surface area contributed by atoms with E-state index in [1.165, 1.54) is 11.5 Å². The summed E-state index contributed by atoms with van der Waals surface area (Å²) < 4.78 is 7.74. The molecule has 0 bridgehead atoms. The summed E-state index contributed by atoms with van der Waals surface area (Å²) >= 11 is 0. The van der Waals surface area contributed by atoms with E-state index in [0.717, 1.165) is 50.4 Å². The van der Waals surface area contributed by atoms with E-state index in [1.807, 2.05) is 30.4 Å². The average Bonchev–Trinajstić information content (AvgIpc) is 2.73. The van der Waals surface area contributed by atoms with Crippen LogP contribution < -0.4 is 5.11 Å². The van der Waals surface area contributed by atoms with Crippen molar-refractivity contribution < 1.29 is 14.4 Å². The quantitative estimate of drug-likeness (QED) is 0.327. The van der Waals surface area contributed by atoms with Gasteiger partial charge in [-0.05, 0) is 29.7 Å². The van der Waals surface area contributed by atoms with Gasteiger partial charge in [0.05, 0.1) is 0 Å². The summed E-state index contributed by atoms with van der Waals surface area (Å²) in [5, 5.41) is 13.6. The van der Waals surface area contributed by atoms with E-state index in [0.29, 0.717) is 0 Å². The third-order valence-electron chi connectivity index (χ3n) is 5.85. The molecule has 1 aromatic rings. The van der Waals surface area contributed by atoms with Crippen LogP contribution >= 0.6 is 0 Å². The Labute approximate surface area is 199 Å². The van der Waals surface area contributed by atoms with E-state index < -0.39 is 5.41 Å². The molecule has 0 N–H and O–H groups in total. The smallest absolute Gasteiger partial charge is 0.876 e. The summed E-state index contributed by atoms with van der Waals surface area (Å²) in [5.41, 5.74) is 2.71. The Balaban J connectivity index is 0.00000280. The first kappa shape index (κ1) is 23.4. The van der Waals surface area contributed by atoms with E-state index in [4.69, 9.17) is 4.74 Å². The summed E-state index contributed by atoms with van der Waals surface area (Å²) in [6.07, 6.45) is 9.68. The molecule has 3 rings (SSSR count). The average molecular weight is 405 g/mol. The molecule has 1 heterocycles. The van der Waals surface area contributed by atoms with Gasteiger partial charge in [0.1, 0.15) is 13.2 Å². The van der Waals surface area contributed by atoms with Gasteiger partial charge < -0.3 is 15.8 Å². The van der Waals surface area contributed by atoms with Gasteiger partial charge in [-0.2, -0.15) is 13.8 Å². The molecule has 1 saturated heterocycles. The number of nitrogens with zero attached hydrogens (tertiary/aromatic N) is 1. The molecule has 1 atom stereocenters. The number of hydrogen-bond donors (Lipinski definition) is 0. The fourth-order valence-electron chi connectivity index (χ4n) is 3.99. The minimum atomic E-state index is -0.457. The second kappa shape index (κ2) is 10.8. The number of rotatable bonds is 5. The number of morpholine rings is 1. The van der Waals surface area contributed by atoms with Crippen LogP contribution in [0.25, 0.3) is 0 Å². The minimum absolute atomic E-state index is 0. The van der Waals surface area contributed by atoms with Crippen LogP contribution in [-0.4, -0.2) is 74.3 Å². The fraction of sp³-hybridized carbons (Fsp3) is 0.417. The Morgan fingerprint density at radius 1 is 1.07 bits per heavy atom. The molecule has 2 aliphatic rings. The summed E-state index contributed by atoms with van der Waals surface area (Å²) in [6.45, 7) is 9.64. The van der Waals surface area contributed by atoms with Crippen LogP contribution in [-0.2, 0) is 11.2 Å². The van der Waals surface area contributed by atoms with E-state index in [9.17, 15) is 5.11 Å². The molecule has 1 aliphatic heterocycles. The van der Waals surface area contributed by atoms with Crippen molar-refractivity contribution in [2.75, 3.05) is 26.3 Å². The molecule has 3 nitrogen and oxygen atoms in total. The number of hydrogen-bond acceptors (Lipinski definition) is 2. The molecule has 0 amide bonds. The SMILES string of the molecule is CCC(Cc1ccccc1)(C([O-])=C1C=CC(=[N+]2CCOCC2)C=C1)[C-](C)C.[Ca+2]. The zero-order chi connectivity index (χ0) is 19.3. The third kappa shape index (κ3) is 5.18.